The molecule has 0 aromatic heterocycles. The van der Waals surface area contributed by atoms with Crippen LogP contribution >= 0.6 is 15.9 Å². The Morgan fingerprint density at radius 3 is 2.29 bits per heavy atom. The predicted molar refractivity (Wildman–Crippen MR) is 124 cm³/mol. The minimum absolute atomic E-state index is 0.0609. The molecule has 3 amide bonds. The third-order valence-electron chi connectivity index (χ3n) is 4.05. The number of rotatable bonds is 8. The number of nitrogens with one attached hydrogen (secondary N) is 3. The van der Waals surface area contributed by atoms with E-state index in [0.29, 0.717) is 25.1 Å². The molecule has 0 radical (unpaired) electrons. The molecule has 3 N–H and O–H groups in total. The zero-order valence-electron chi connectivity index (χ0n) is 18.0. The van der Waals surface area contributed by atoms with Gasteiger partial charge in [-0.25, -0.2) is 4.79 Å². The molecule has 0 aliphatic heterocycles. The highest BCUT2D eigenvalue weighted by atomic mass is 79.9. The molecule has 0 bridgehead atoms. The highest BCUT2D eigenvalue weighted by Crippen LogP contribution is 2.14. The number of halogens is 1. The first-order valence-corrected chi connectivity index (χ1v) is 10.8. The van der Waals surface area contributed by atoms with Crippen LogP contribution in [0.15, 0.2) is 53.0 Å². The number of carbonyl (C=O) groups excluding carboxylic acids is 3. The molecular formula is C23H28BrN3O4. The zero-order valence-corrected chi connectivity index (χ0v) is 19.5. The lowest BCUT2D eigenvalue weighted by atomic mass is 10.1. The van der Waals surface area contributed by atoms with Gasteiger partial charge in [-0.2, -0.15) is 0 Å². The quantitative estimate of drug-likeness (QED) is 0.518. The largest absolute Gasteiger partial charge is 0.444 e. The van der Waals surface area contributed by atoms with Crippen molar-refractivity contribution in [3.8, 4) is 0 Å². The van der Waals surface area contributed by atoms with Gasteiger partial charge in [0, 0.05) is 23.1 Å². The monoisotopic (exact) mass is 489 g/mol. The van der Waals surface area contributed by atoms with Crippen molar-refractivity contribution in [1.82, 2.24) is 10.6 Å². The summed E-state index contributed by atoms with van der Waals surface area (Å²) in [6.07, 6.45) is 0.411. The number of carbonyl (C=O) groups is 3. The molecule has 0 saturated heterocycles. The molecule has 166 valence electrons. The minimum Gasteiger partial charge on any atom is -0.444 e. The van der Waals surface area contributed by atoms with E-state index in [1.54, 1.807) is 32.9 Å². The second-order valence-electron chi connectivity index (χ2n) is 8.01. The van der Waals surface area contributed by atoms with Gasteiger partial charge in [-0.3, -0.25) is 9.59 Å². The molecule has 0 saturated carbocycles. The minimum atomic E-state index is -0.636. The third kappa shape index (κ3) is 10.1. The first-order chi connectivity index (χ1) is 14.6. The number of anilines is 1. The van der Waals surface area contributed by atoms with Gasteiger partial charge in [-0.15, -0.1) is 0 Å². The zero-order chi connectivity index (χ0) is 22.9. The Kier molecular flexibility index (Phi) is 9.05. The van der Waals surface area contributed by atoms with E-state index in [-0.39, 0.29) is 18.4 Å². The molecule has 0 unspecified atom stereocenters. The van der Waals surface area contributed by atoms with Crippen molar-refractivity contribution in [3.05, 3.63) is 64.1 Å². The summed E-state index contributed by atoms with van der Waals surface area (Å²) in [6.45, 7) is 5.40. The van der Waals surface area contributed by atoms with Crippen LogP contribution in [0.5, 0.6) is 0 Å². The first-order valence-electron chi connectivity index (χ1n) is 9.97. The van der Waals surface area contributed by atoms with Crippen LogP contribution in [0.4, 0.5) is 10.5 Å². The van der Waals surface area contributed by atoms with Crippen LogP contribution in [0.1, 0.15) is 38.3 Å². The van der Waals surface area contributed by atoms with E-state index < -0.39 is 11.7 Å². The van der Waals surface area contributed by atoms with E-state index in [0.717, 1.165) is 15.6 Å². The lowest BCUT2D eigenvalue weighted by molar-refractivity contribution is -0.120. The van der Waals surface area contributed by atoms with Crippen molar-refractivity contribution in [1.29, 1.82) is 0 Å². The van der Waals surface area contributed by atoms with E-state index >= 15 is 0 Å². The van der Waals surface area contributed by atoms with Crippen LogP contribution in [0.3, 0.4) is 0 Å². The van der Waals surface area contributed by atoms with Crippen molar-refractivity contribution < 1.29 is 19.1 Å². The van der Waals surface area contributed by atoms with Gasteiger partial charge in [0.25, 0.3) is 0 Å². The van der Waals surface area contributed by atoms with E-state index in [1.807, 2.05) is 36.4 Å². The maximum atomic E-state index is 12.2. The number of alkyl carbamates (subject to hydrolysis) is 1. The summed E-state index contributed by atoms with van der Waals surface area (Å²) in [6, 6.07) is 15.1. The van der Waals surface area contributed by atoms with Crippen LogP contribution in [0, 0.1) is 0 Å². The van der Waals surface area contributed by atoms with E-state index in [2.05, 4.69) is 31.9 Å². The average Bonchev–Trinajstić information content (AvgIpc) is 2.69. The Morgan fingerprint density at radius 2 is 1.65 bits per heavy atom. The number of hydrogen-bond donors (Lipinski definition) is 3. The maximum Gasteiger partial charge on any atom is 0.408 e. The smallest absolute Gasteiger partial charge is 0.408 e. The average molecular weight is 490 g/mol. The lowest BCUT2D eigenvalue weighted by Gasteiger charge is -2.19. The third-order valence-corrected chi connectivity index (χ3v) is 4.54. The fourth-order valence-corrected chi connectivity index (χ4v) is 3.06. The summed E-state index contributed by atoms with van der Waals surface area (Å²) >= 11 is 3.43. The second kappa shape index (κ2) is 11.5. The number of amides is 3. The molecule has 0 aliphatic rings. The van der Waals surface area contributed by atoms with Gasteiger partial charge in [-0.05, 0) is 62.6 Å². The molecule has 7 nitrogen and oxygen atoms in total. The molecule has 0 fully saturated rings. The number of hydrogen-bond acceptors (Lipinski definition) is 4. The summed E-state index contributed by atoms with van der Waals surface area (Å²) in [7, 11) is 0. The summed E-state index contributed by atoms with van der Waals surface area (Å²) < 4.78 is 6.07. The summed E-state index contributed by atoms with van der Waals surface area (Å²) in [5, 5.41) is 8.00. The molecule has 2 rings (SSSR count). The topological polar surface area (TPSA) is 96.5 Å². The van der Waals surface area contributed by atoms with Crippen LogP contribution in [-0.4, -0.2) is 30.1 Å². The fraction of sp³-hybridized carbons (Fsp3) is 0.348. The van der Waals surface area contributed by atoms with Gasteiger partial charge in [0.15, 0.2) is 0 Å². The summed E-state index contributed by atoms with van der Waals surface area (Å²) in [5.41, 5.74) is 2.05. The second-order valence-corrected chi connectivity index (χ2v) is 8.92. The van der Waals surface area contributed by atoms with E-state index in [9.17, 15) is 14.4 Å². The standard InChI is InChI=1S/C23H28BrN3O4/c1-23(2,3)31-22(30)26-15-21(29)25-14-17-7-10-19(11-8-17)27-20(28)12-9-16-5-4-6-18(24)13-16/h4-8,10-11,13H,9,12,14-15H2,1-3H3,(H,25,29)(H,26,30)(H,27,28). The Morgan fingerprint density at radius 1 is 0.935 bits per heavy atom. The Balaban J connectivity index is 1.70. The molecule has 8 heteroatoms. The molecule has 2 aromatic rings. The lowest BCUT2D eigenvalue weighted by Crippen LogP contribution is -2.39. The van der Waals surface area contributed by atoms with Crippen molar-refractivity contribution >= 4 is 39.5 Å². The van der Waals surface area contributed by atoms with Crippen LogP contribution in [-0.2, 0) is 27.3 Å². The van der Waals surface area contributed by atoms with Crippen molar-refractivity contribution in [2.24, 2.45) is 0 Å². The molecule has 2 aromatic carbocycles. The molecule has 0 atom stereocenters. The van der Waals surface area contributed by atoms with Gasteiger partial charge >= 0.3 is 6.09 Å². The first kappa shape index (κ1) is 24.4. The summed E-state index contributed by atoms with van der Waals surface area (Å²) in [5.74, 6) is -0.384. The van der Waals surface area contributed by atoms with Gasteiger partial charge in [-0.1, -0.05) is 40.2 Å². The van der Waals surface area contributed by atoms with Crippen LogP contribution < -0.4 is 16.0 Å². The SMILES string of the molecule is CC(C)(C)OC(=O)NCC(=O)NCc1ccc(NC(=O)CCc2cccc(Br)c2)cc1. The Bertz CT molecular complexity index is 908. The number of aryl methyl sites for hydroxylation is 1. The highest BCUT2D eigenvalue weighted by Gasteiger charge is 2.16. The predicted octanol–water partition coefficient (Wildman–Crippen LogP) is 4.16. The fourth-order valence-electron chi connectivity index (χ4n) is 2.61. The van der Waals surface area contributed by atoms with Gasteiger partial charge in [0.2, 0.25) is 11.8 Å². The van der Waals surface area contributed by atoms with Gasteiger partial charge in [0.1, 0.15) is 12.1 Å². The molecule has 31 heavy (non-hydrogen) atoms. The van der Waals surface area contributed by atoms with Crippen molar-refractivity contribution in [2.75, 3.05) is 11.9 Å². The van der Waals surface area contributed by atoms with E-state index in [1.165, 1.54) is 0 Å². The van der Waals surface area contributed by atoms with Crippen molar-refractivity contribution in [2.45, 2.75) is 45.8 Å². The molecular weight excluding hydrogens is 462 g/mol. The van der Waals surface area contributed by atoms with Crippen LogP contribution in [0.25, 0.3) is 0 Å². The van der Waals surface area contributed by atoms with Gasteiger partial charge in [0.05, 0.1) is 0 Å². The Labute approximate surface area is 191 Å². The maximum absolute atomic E-state index is 12.2. The normalized spacial score (nSPS) is 10.8. The summed E-state index contributed by atoms with van der Waals surface area (Å²) in [4.78, 5) is 35.6. The van der Waals surface area contributed by atoms with Crippen LogP contribution in [0.2, 0.25) is 0 Å². The number of ether oxygens (including phenoxy) is 1. The molecule has 0 heterocycles. The number of benzene rings is 2. The molecule has 0 aliphatic carbocycles. The van der Waals surface area contributed by atoms with E-state index in [4.69, 9.17) is 4.74 Å². The Hall–Kier alpha value is -2.87. The highest BCUT2D eigenvalue weighted by molar-refractivity contribution is 9.10. The van der Waals surface area contributed by atoms with Gasteiger partial charge < -0.3 is 20.7 Å². The molecule has 0 spiro atoms. The van der Waals surface area contributed by atoms with Crippen molar-refractivity contribution in [3.63, 3.8) is 0 Å².